The van der Waals surface area contributed by atoms with Gasteiger partial charge in [0.25, 0.3) is 0 Å². The minimum atomic E-state index is -0.943. The molecule has 0 spiro atoms. The summed E-state index contributed by atoms with van der Waals surface area (Å²) in [5, 5.41) is 0. The number of guanidine groups is 2. The number of aliphatic imine (C=N–C) groups is 2. The van der Waals surface area contributed by atoms with Gasteiger partial charge in [-0.2, -0.15) is 0 Å². The van der Waals surface area contributed by atoms with Crippen molar-refractivity contribution < 1.29 is 14.3 Å². The highest BCUT2D eigenvalue weighted by Gasteiger charge is 2.22. The Morgan fingerprint density at radius 2 is 1.13 bits per heavy atom. The SMILES string of the molecule is NC(N)=NCCC[C@@H](N)C(=O)OC(=O)[C@@H](N)CCCN=C(N)N. The van der Waals surface area contributed by atoms with Crippen LogP contribution in [0.3, 0.4) is 0 Å². The van der Waals surface area contributed by atoms with Crippen molar-refractivity contribution in [1.29, 1.82) is 0 Å². The van der Waals surface area contributed by atoms with Gasteiger partial charge in [0.15, 0.2) is 11.9 Å². The van der Waals surface area contributed by atoms with Crippen molar-refractivity contribution >= 4 is 23.9 Å². The zero-order chi connectivity index (χ0) is 17.8. The Morgan fingerprint density at radius 1 is 0.783 bits per heavy atom. The summed E-state index contributed by atoms with van der Waals surface area (Å²) in [4.78, 5) is 30.8. The Bertz CT molecular complexity index is 404. The quantitative estimate of drug-likeness (QED) is 0.0778. The van der Waals surface area contributed by atoms with E-state index in [0.29, 0.717) is 25.9 Å². The van der Waals surface area contributed by atoms with E-state index in [4.69, 9.17) is 34.4 Å². The van der Waals surface area contributed by atoms with Crippen LogP contribution in [0, 0.1) is 0 Å². The van der Waals surface area contributed by atoms with Crippen molar-refractivity contribution in [3.05, 3.63) is 0 Å². The van der Waals surface area contributed by atoms with E-state index in [1.807, 2.05) is 0 Å². The molecular weight excluding hydrogens is 304 g/mol. The predicted molar refractivity (Wildman–Crippen MR) is 86.9 cm³/mol. The van der Waals surface area contributed by atoms with Crippen LogP contribution < -0.4 is 34.4 Å². The van der Waals surface area contributed by atoms with Gasteiger partial charge in [0, 0.05) is 13.1 Å². The Hall–Kier alpha value is -2.40. The molecule has 0 saturated carbocycles. The second kappa shape index (κ2) is 11.2. The average molecular weight is 330 g/mol. The molecule has 0 radical (unpaired) electrons. The summed E-state index contributed by atoms with van der Waals surface area (Å²) in [6.07, 6.45) is 1.52. The first kappa shape index (κ1) is 20.6. The number of carbonyl (C=O) groups excluding carboxylic acids is 2. The summed E-state index contributed by atoms with van der Waals surface area (Å²) in [5.74, 6) is -1.75. The number of nitrogens with two attached hydrogens (primary N) is 6. The lowest BCUT2D eigenvalue weighted by atomic mass is 10.1. The molecule has 0 aromatic heterocycles. The lowest BCUT2D eigenvalue weighted by Crippen LogP contribution is -2.39. The van der Waals surface area contributed by atoms with E-state index in [1.165, 1.54) is 0 Å². The molecule has 0 aliphatic carbocycles. The van der Waals surface area contributed by atoms with Gasteiger partial charge in [-0.3, -0.25) is 9.98 Å². The first-order valence-electron chi connectivity index (χ1n) is 7.11. The molecule has 11 heteroatoms. The van der Waals surface area contributed by atoms with Gasteiger partial charge in [-0.15, -0.1) is 0 Å². The van der Waals surface area contributed by atoms with Gasteiger partial charge in [0.05, 0.1) is 0 Å². The molecule has 0 fully saturated rings. The molecule has 0 unspecified atom stereocenters. The molecule has 0 aromatic rings. The minimum Gasteiger partial charge on any atom is -0.391 e. The van der Waals surface area contributed by atoms with Gasteiger partial charge < -0.3 is 39.1 Å². The second-order valence-electron chi connectivity index (χ2n) is 4.85. The molecule has 0 rings (SSSR count). The number of ether oxygens (including phenoxy) is 1. The summed E-state index contributed by atoms with van der Waals surface area (Å²) in [6, 6.07) is -1.89. The number of hydrogen-bond acceptors (Lipinski definition) is 7. The normalized spacial score (nSPS) is 12.8. The summed E-state index contributed by atoms with van der Waals surface area (Å²) < 4.78 is 4.63. The number of esters is 2. The Morgan fingerprint density at radius 3 is 1.43 bits per heavy atom. The van der Waals surface area contributed by atoms with Gasteiger partial charge in [0.1, 0.15) is 12.1 Å². The Labute approximate surface area is 134 Å². The molecule has 132 valence electrons. The van der Waals surface area contributed by atoms with E-state index in [2.05, 4.69) is 14.7 Å². The molecule has 11 nitrogen and oxygen atoms in total. The first-order valence-corrected chi connectivity index (χ1v) is 7.11. The molecule has 2 atom stereocenters. The van der Waals surface area contributed by atoms with E-state index in [0.717, 1.165) is 0 Å². The molecule has 0 aromatic carbocycles. The third kappa shape index (κ3) is 10.9. The maximum atomic E-state index is 11.6. The van der Waals surface area contributed by atoms with Crippen molar-refractivity contribution in [2.75, 3.05) is 13.1 Å². The topological polar surface area (TPSA) is 224 Å². The van der Waals surface area contributed by atoms with Crippen LogP contribution in [0.15, 0.2) is 9.98 Å². The highest BCUT2D eigenvalue weighted by Crippen LogP contribution is 2.02. The van der Waals surface area contributed by atoms with Crippen molar-refractivity contribution in [2.45, 2.75) is 37.8 Å². The molecule has 12 N–H and O–H groups in total. The lowest BCUT2D eigenvalue weighted by Gasteiger charge is -2.13. The average Bonchev–Trinajstić information content (AvgIpc) is 2.46. The van der Waals surface area contributed by atoms with Gasteiger partial charge >= 0.3 is 11.9 Å². The highest BCUT2D eigenvalue weighted by atomic mass is 16.6. The molecule has 0 aliphatic heterocycles. The number of rotatable bonds is 10. The standard InChI is InChI=1S/C12H26N8O3/c13-7(3-1-5-19-11(15)16)9(21)23-10(22)8(14)4-2-6-20-12(17)18/h7-8H,1-6,13-14H2,(H4,15,16,19)(H4,17,18,20)/t7-,8+. The third-order valence-corrected chi connectivity index (χ3v) is 2.74. The Kier molecular flexibility index (Phi) is 10.0. The minimum absolute atomic E-state index is 0.0389. The van der Waals surface area contributed by atoms with Crippen molar-refractivity contribution in [3.8, 4) is 0 Å². The smallest absolute Gasteiger partial charge is 0.330 e. The van der Waals surface area contributed by atoms with Gasteiger partial charge in [0.2, 0.25) is 0 Å². The fraction of sp³-hybridized carbons (Fsp3) is 0.667. The molecule has 0 aliphatic rings. The summed E-state index contributed by atoms with van der Waals surface area (Å²) in [5.41, 5.74) is 31.9. The molecule has 0 heterocycles. The number of carbonyl (C=O) groups is 2. The maximum absolute atomic E-state index is 11.6. The van der Waals surface area contributed by atoms with E-state index in [1.54, 1.807) is 0 Å². The fourth-order valence-electron chi connectivity index (χ4n) is 1.52. The largest absolute Gasteiger partial charge is 0.391 e. The zero-order valence-electron chi connectivity index (χ0n) is 13.0. The van der Waals surface area contributed by atoms with E-state index in [9.17, 15) is 9.59 Å². The van der Waals surface area contributed by atoms with E-state index in [-0.39, 0.29) is 24.8 Å². The van der Waals surface area contributed by atoms with Crippen LogP contribution >= 0.6 is 0 Å². The lowest BCUT2D eigenvalue weighted by molar-refractivity contribution is -0.161. The summed E-state index contributed by atoms with van der Waals surface area (Å²) in [7, 11) is 0. The maximum Gasteiger partial charge on any atom is 0.330 e. The molecule has 0 bridgehead atoms. The van der Waals surface area contributed by atoms with Gasteiger partial charge in [-0.1, -0.05) is 0 Å². The van der Waals surface area contributed by atoms with Crippen LogP contribution in [0.2, 0.25) is 0 Å². The third-order valence-electron chi connectivity index (χ3n) is 2.74. The zero-order valence-corrected chi connectivity index (χ0v) is 13.0. The van der Waals surface area contributed by atoms with E-state index >= 15 is 0 Å². The van der Waals surface area contributed by atoms with Crippen LogP contribution in [0.1, 0.15) is 25.7 Å². The van der Waals surface area contributed by atoms with Crippen LogP contribution in [-0.4, -0.2) is 49.0 Å². The van der Waals surface area contributed by atoms with Gasteiger partial charge in [-0.05, 0) is 25.7 Å². The highest BCUT2D eigenvalue weighted by molar-refractivity contribution is 5.90. The molecule has 0 saturated heterocycles. The first-order chi connectivity index (χ1) is 10.7. The van der Waals surface area contributed by atoms with Crippen LogP contribution in [0.5, 0.6) is 0 Å². The van der Waals surface area contributed by atoms with Crippen molar-refractivity contribution in [3.63, 3.8) is 0 Å². The van der Waals surface area contributed by atoms with Crippen LogP contribution in [0.25, 0.3) is 0 Å². The van der Waals surface area contributed by atoms with E-state index < -0.39 is 24.0 Å². The van der Waals surface area contributed by atoms with Crippen LogP contribution in [0.4, 0.5) is 0 Å². The second-order valence-corrected chi connectivity index (χ2v) is 4.85. The van der Waals surface area contributed by atoms with Gasteiger partial charge in [-0.25, -0.2) is 9.59 Å². The fourth-order valence-corrected chi connectivity index (χ4v) is 1.52. The van der Waals surface area contributed by atoms with Crippen LogP contribution in [-0.2, 0) is 14.3 Å². The predicted octanol–water partition coefficient (Wildman–Crippen LogP) is -3.18. The monoisotopic (exact) mass is 330 g/mol. The Balaban J connectivity index is 4.04. The number of hydrogen-bond donors (Lipinski definition) is 6. The van der Waals surface area contributed by atoms with Crippen molar-refractivity contribution in [1.82, 2.24) is 0 Å². The molecule has 0 amide bonds. The summed E-state index contributed by atoms with van der Waals surface area (Å²) >= 11 is 0. The molecule has 23 heavy (non-hydrogen) atoms. The molecular formula is C12H26N8O3. The summed E-state index contributed by atoms with van der Waals surface area (Å²) in [6.45, 7) is 0.670. The van der Waals surface area contributed by atoms with Crippen molar-refractivity contribution in [2.24, 2.45) is 44.4 Å². The number of nitrogens with zero attached hydrogens (tertiary/aromatic N) is 2.